The minimum Gasteiger partial charge on any atom is -0.332 e. The van der Waals surface area contributed by atoms with Gasteiger partial charge in [-0.05, 0) is 37.8 Å². The molecule has 108 valence electrons. The first-order valence-electron chi connectivity index (χ1n) is 7.07. The highest BCUT2D eigenvalue weighted by Gasteiger charge is 2.42. The predicted octanol–water partition coefficient (Wildman–Crippen LogP) is 1.79. The third kappa shape index (κ3) is 2.59. The van der Waals surface area contributed by atoms with E-state index in [0.29, 0.717) is 12.0 Å². The molecule has 1 aromatic carbocycles. The number of benzene rings is 1. The van der Waals surface area contributed by atoms with Crippen LogP contribution in [0.4, 0.5) is 0 Å². The monoisotopic (exact) mass is 293 g/mol. The molecular weight excluding hydrogens is 274 g/mol. The van der Waals surface area contributed by atoms with Crippen LogP contribution in [0.5, 0.6) is 0 Å². The molecule has 2 aliphatic rings. The van der Waals surface area contributed by atoms with E-state index < -0.39 is 9.84 Å². The van der Waals surface area contributed by atoms with Crippen LogP contribution in [0.1, 0.15) is 35.2 Å². The molecule has 1 aliphatic carbocycles. The zero-order valence-corrected chi connectivity index (χ0v) is 12.4. The van der Waals surface area contributed by atoms with Gasteiger partial charge in [-0.3, -0.25) is 4.79 Å². The highest BCUT2D eigenvalue weighted by molar-refractivity contribution is 7.91. The molecular formula is C15H19NO3S. The molecule has 0 bridgehead atoms. The van der Waals surface area contributed by atoms with Crippen molar-refractivity contribution in [2.45, 2.75) is 38.3 Å². The van der Waals surface area contributed by atoms with Crippen molar-refractivity contribution in [2.75, 3.05) is 11.5 Å². The van der Waals surface area contributed by atoms with E-state index >= 15 is 0 Å². The van der Waals surface area contributed by atoms with Crippen molar-refractivity contribution in [2.24, 2.45) is 0 Å². The smallest absolute Gasteiger partial charge is 0.254 e. The average molecular weight is 293 g/mol. The first-order chi connectivity index (χ1) is 9.48. The van der Waals surface area contributed by atoms with E-state index in [1.807, 2.05) is 36.1 Å². The van der Waals surface area contributed by atoms with Crippen LogP contribution < -0.4 is 0 Å². The Hall–Kier alpha value is -1.36. The highest BCUT2D eigenvalue weighted by Crippen LogP contribution is 2.33. The maximum absolute atomic E-state index is 12.8. The highest BCUT2D eigenvalue weighted by atomic mass is 32.2. The Morgan fingerprint density at radius 1 is 1.15 bits per heavy atom. The second-order valence-corrected chi connectivity index (χ2v) is 8.04. The third-order valence-corrected chi connectivity index (χ3v) is 5.90. The lowest BCUT2D eigenvalue weighted by Crippen LogP contribution is -2.43. The number of sulfone groups is 1. The number of hydrogen-bond donors (Lipinski definition) is 0. The van der Waals surface area contributed by atoms with Crippen molar-refractivity contribution < 1.29 is 13.2 Å². The van der Waals surface area contributed by atoms with Crippen molar-refractivity contribution in [1.82, 2.24) is 4.90 Å². The van der Waals surface area contributed by atoms with Gasteiger partial charge in [-0.15, -0.1) is 0 Å². The Morgan fingerprint density at radius 3 is 2.40 bits per heavy atom. The first kappa shape index (κ1) is 13.6. The zero-order valence-electron chi connectivity index (χ0n) is 11.6. The SMILES string of the molecule is Cc1ccccc1C(=O)N(C1CC1)C1CCS(=O)(=O)C1. The Morgan fingerprint density at radius 2 is 1.85 bits per heavy atom. The molecule has 20 heavy (non-hydrogen) atoms. The quantitative estimate of drug-likeness (QED) is 0.853. The van der Waals surface area contributed by atoms with Gasteiger partial charge in [-0.25, -0.2) is 8.42 Å². The van der Waals surface area contributed by atoms with Gasteiger partial charge in [0, 0.05) is 17.6 Å². The zero-order chi connectivity index (χ0) is 14.3. The van der Waals surface area contributed by atoms with Crippen LogP contribution in [0.25, 0.3) is 0 Å². The number of carbonyl (C=O) groups excluding carboxylic acids is 1. The van der Waals surface area contributed by atoms with Crippen LogP contribution in [0.2, 0.25) is 0 Å². The summed E-state index contributed by atoms with van der Waals surface area (Å²) in [5.41, 5.74) is 1.65. The van der Waals surface area contributed by atoms with Crippen LogP contribution >= 0.6 is 0 Å². The molecule has 1 aromatic rings. The molecule has 1 atom stereocenters. The fourth-order valence-electron chi connectivity index (χ4n) is 2.93. The van der Waals surface area contributed by atoms with Gasteiger partial charge >= 0.3 is 0 Å². The van der Waals surface area contributed by atoms with Crippen molar-refractivity contribution in [3.05, 3.63) is 35.4 Å². The van der Waals surface area contributed by atoms with Crippen molar-refractivity contribution in [1.29, 1.82) is 0 Å². The Bertz CT molecular complexity index is 634. The summed E-state index contributed by atoms with van der Waals surface area (Å²) in [6.07, 6.45) is 2.57. The number of amides is 1. The van der Waals surface area contributed by atoms with E-state index in [1.165, 1.54) is 0 Å². The summed E-state index contributed by atoms with van der Waals surface area (Å²) in [5.74, 6) is 0.330. The van der Waals surface area contributed by atoms with E-state index in [-0.39, 0.29) is 29.5 Å². The molecule has 1 saturated carbocycles. The molecule has 3 rings (SSSR count). The largest absolute Gasteiger partial charge is 0.332 e. The molecule has 4 nitrogen and oxygen atoms in total. The molecule has 1 saturated heterocycles. The average Bonchev–Trinajstić information content (AvgIpc) is 3.15. The van der Waals surface area contributed by atoms with E-state index in [2.05, 4.69) is 0 Å². The maximum atomic E-state index is 12.8. The minimum atomic E-state index is -2.97. The van der Waals surface area contributed by atoms with Crippen molar-refractivity contribution >= 4 is 15.7 Å². The van der Waals surface area contributed by atoms with Gasteiger partial charge in [-0.2, -0.15) is 0 Å². The van der Waals surface area contributed by atoms with Gasteiger partial charge in [0.05, 0.1) is 11.5 Å². The molecule has 0 aromatic heterocycles. The summed E-state index contributed by atoms with van der Waals surface area (Å²) < 4.78 is 23.4. The predicted molar refractivity (Wildman–Crippen MR) is 77.4 cm³/mol. The number of nitrogens with zero attached hydrogens (tertiary/aromatic N) is 1. The van der Waals surface area contributed by atoms with E-state index in [4.69, 9.17) is 0 Å². The summed E-state index contributed by atoms with van der Waals surface area (Å²) in [5, 5.41) is 0. The number of aryl methyl sites for hydroxylation is 1. The lowest BCUT2D eigenvalue weighted by Gasteiger charge is -2.29. The number of hydrogen-bond acceptors (Lipinski definition) is 3. The van der Waals surface area contributed by atoms with Crippen molar-refractivity contribution in [3.63, 3.8) is 0 Å². The topological polar surface area (TPSA) is 54.5 Å². The van der Waals surface area contributed by atoms with E-state index in [9.17, 15) is 13.2 Å². The second-order valence-electron chi connectivity index (χ2n) is 5.82. The van der Waals surface area contributed by atoms with E-state index in [0.717, 1.165) is 18.4 Å². The normalized spacial score (nSPS) is 24.6. The summed E-state index contributed by atoms with van der Waals surface area (Å²) in [4.78, 5) is 14.6. The Kier molecular flexibility index (Phi) is 3.32. The summed E-state index contributed by atoms with van der Waals surface area (Å²) >= 11 is 0. The van der Waals surface area contributed by atoms with Gasteiger partial charge in [0.2, 0.25) is 0 Å². The van der Waals surface area contributed by atoms with E-state index in [1.54, 1.807) is 0 Å². The van der Waals surface area contributed by atoms with Gasteiger partial charge < -0.3 is 4.90 Å². The Labute approximate surface area is 119 Å². The molecule has 1 aliphatic heterocycles. The van der Waals surface area contributed by atoms with Gasteiger partial charge in [0.25, 0.3) is 5.91 Å². The molecule has 0 spiro atoms. The summed E-state index contributed by atoms with van der Waals surface area (Å²) in [6, 6.07) is 7.62. The fraction of sp³-hybridized carbons (Fsp3) is 0.533. The maximum Gasteiger partial charge on any atom is 0.254 e. The fourth-order valence-corrected chi connectivity index (χ4v) is 4.64. The number of rotatable bonds is 3. The standard InChI is InChI=1S/C15H19NO3S/c1-11-4-2-3-5-14(11)15(17)16(12-6-7-12)13-8-9-20(18,19)10-13/h2-5,12-13H,6-10H2,1H3. The van der Waals surface area contributed by atoms with Gasteiger partial charge in [0.1, 0.15) is 0 Å². The van der Waals surface area contributed by atoms with Crippen LogP contribution in [-0.2, 0) is 9.84 Å². The van der Waals surface area contributed by atoms with Crippen LogP contribution in [0.3, 0.4) is 0 Å². The van der Waals surface area contributed by atoms with Crippen molar-refractivity contribution in [3.8, 4) is 0 Å². The molecule has 0 radical (unpaired) electrons. The minimum absolute atomic E-state index is 0.00676. The lowest BCUT2D eigenvalue weighted by atomic mass is 10.1. The molecule has 1 unspecified atom stereocenters. The molecule has 1 heterocycles. The van der Waals surface area contributed by atoms with Gasteiger partial charge in [0.15, 0.2) is 9.84 Å². The van der Waals surface area contributed by atoms with Gasteiger partial charge in [-0.1, -0.05) is 18.2 Å². The summed E-state index contributed by atoms with van der Waals surface area (Å²) in [7, 11) is -2.97. The molecule has 2 fully saturated rings. The lowest BCUT2D eigenvalue weighted by molar-refractivity contribution is 0.0680. The molecule has 5 heteroatoms. The molecule has 0 N–H and O–H groups in total. The summed E-state index contributed by atoms with van der Waals surface area (Å²) in [6.45, 7) is 1.92. The first-order valence-corrected chi connectivity index (χ1v) is 8.89. The Balaban J connectivity index is 1.88. The third-order valence-electron chi connectivity index (χ3n) is 4.15. The number of carbonyl (C=O) groups is 1. The second kappa shape index (κ2) is 4.88. The molecule has 1 amide bonds. The van der Waals surface area contributed by atoms with Crippen LogP contribution in [0, 0.1) is 6.92 Å². The van der Waals surface area contributed by atoms with Crippen LogP contribution in [0.15, 0.2) is 24.3 Å². The van der Waals surface area contributed by atoms with Crippen LogP contribution in [-0.4, -0.2) is 42.8 Å².